The molecule has 0 amide bonds. The minimum absolute atomic E-state index is 0.597. The molecule has 6 nitrogen and oxygen atoms in total. The first-order chi connectivity index (χ1) is 16.5. The molecule has 1 aromatic carbocycles. The zero-order valence-electron chi connectivity index (χ0n) is 21.4. The van der Waals surface area contributed by atoms with Crippen molar-refractivity contribution in [2.75, 3.05) is 26.9 Å². The number of hydrogen-bond donors (Lipinski definition) is 0. The summed E-state index contributed by atoms with van der Waals surface area (Å²) >= 11 is 1.50. The van der Waals surface area contributed by atoms with E-state index >= 15 is 0 Å². The second kappa shape index (κ2) is 16.1. The van der Waals surface area contributed by atoms with Gasteiger partial charge in [0.25, 0.3) is 5.19 Å². The molecule has 0 aliphatic rings. The van der Waals surface area contributed by atoms with Crippen LogP contribution in [0.25, 0.3) is 0 Å². The molecule has 188 valence electrons. The van der Waals surface area contributed by atoms with E-state index in [9.17, 15) is 0 Å². The van der Waals surface area contributed by atoms with Crippen molar-refractivity contribution in [3.05, 3.63) is 46.5 Å². The second-order valence-corrected chi connectivity index (χ2v) is 9.12. The fourth-order valence-corrected chi connectivity index (χ4v) is 4.30. The molecule has 0 aliphatic carbocycles. The number of ether oxygens (including phenoxy) is 3. The summed E-state index contributed by atoms with van der Waals surface area (Å²) in [7, 11) is 1.53. The van der Waals surface area contributed by atoms with Gasteiger partial charge in [-0.2, -0.15) is 0 Å². The van der Waals surface area contributed by atoms with E-state index in [-0.39, 0.29) is 0 Å². The van der Waals surface area contributed by atoms with E-state index in [1.54, 1.807) is 0 Å². The third kappa shape index (κ3) is 10.2. The fraction of sp³-hybridized carbons (Fsp3) is 0.556. The first-order valence-electron chi connectivity index (χ1n) is 12.2. The molecule has 0 unspecified atom stereocenters. The summed E-state index contributed by atoms with van der Waals surface area (Å²) in [6.45, 7) is 10.1. The third-order valence-corrected chi connectivity index (χ3v) is 6.11. The molecule has 34 heavy (non-hydrogen) atoms. The van der Waals surface area contributed by atoms with Crippen LogP contribution in [0.15, 0.2) is 34.8 Å². The van der Waals surface area contributed by atoms with E-state index in [0.717, 1.165) is 53.5 Å². The van der Waals surface area contributed by atoms with Crippen LogP contribution in [0.2, 0.25) is 0 Å². The summed E-state index contributed by atoms with van der Waals surface area (Å²) in [6, 6.07) is 4.11. The number of aromatic nitrogens is 1. The summed E-state index contributed by atoms with van der Waals surface area (Å²) < 4.78 is 17.6. The van der Waals surface area contributed by atoms with Crippen LogP contribution in [-0.2, 0) is 4.84 Å². The monoisotopic (exact) mass is 488 g/mol. The molecule has 0 atom stereocenters. The highest BCUT2D eigenvalue weighted by atomic mass is 32.1. The molecule has 0 N–H and O–H groups in total. The molecule has 2 rings (SSSR count). The van der Waals surface area contributed by atoms with Gasteiger partial charge in [0.2, 0.25) is 0 Å². The van der Waals surface area contributed by atoms with E-state index in [0.29, 0.717) is 18.4 Å². The van der Waals surface area contributed by atoms with Gasteiger partial charge in [-0.05, 0) is 63.8 Å². The Bertz CT molecular complexity index is 885. The fourth-order valence-electron chi connectivity index (χ4n) is 3.56. The molecule has 0 saturated heterocycles. The van der Waals surface area contributed by atoms with Crippen molar-refractivity contribution in [2.24, 2.45) is 5.16 Å². The Hall–Kier alpha value is -2.54. The molecule has 1 heterocycles. The van der Waals surface area contributed by atoms with Crippen LogP contribution in [0.4, 0.5) is 0 Å². The van der Waals surface area contributed by atoms with Crippen molar-refractivity contribution in [1.29, 1.82) is 0 Å². The molecular weight excluding hydrogens is 448 g/mol. The Labute approximate surface area is 209 Å². The van der Waals surface area contributed by atoms with Crippen LogP contribution in [0, 0.1) is 13.8 Å². The topological polar surface area (TPSA) is 62.2 Å². The molecule has 0 radical (unpaired) electrons. The number of oxime groups is 1. The number of thiazole rings is 1. The molecule has 1 aromatic heterocycles. The predicted octanol–water partition coefficient (Wildman–Crippen LogP) is 7.27. The number of unbranched alkanes of at least 4 members (excludes halogenated alkanes) is 6. The first kappa shape index (κ1) is 27.7. The van der Waals surface area contributed by atoms with Crippen molar-refractivity contribution in [3.63, 3.8) is 0 Å². The van der Waals surface area contributed by atoms with E-state index in [2.05, 4.69) is 36.1 Å². The van der Waals surface area contributed by atoms with Crippen LogP contribution in [0.3, 0.4) is 0 Å². The lowest BCUT2D eigenvalue weighted by Gasteiger charge is -2.14. The maximum Gasteiger partial charge on any atom is 0.273 e. The average Bonchev–Trinajstić information content (AvgIpc) is 3.28. The number of nitrogens with zero attached hydrogens (tertiary/aromatic N) is 2. The highest BCUT2D eigenvalue weighted by Gasteiger charge is 2.08. The van der Waals surface area contributed by atoms with Crippen LogP contribution >= 0.6 is 11.3 Å². The summed E-state index contributed by atoms with van der Waals surface area (Å²) in [6.07, 6.45) is 12.2. The largest absolute Gasteiger partial charge is 0.493 e. The Morgan fingerprint density at radius 3 is 2.18 bits per heavy atom. The maximum atomic E-state index is 6.07. The minimum Gasteiger partial charge on any atom is -0.493 e. The summed E-state index contributed by atoms with van der Waals surface area (Å²) in [5.74, 6) is 1.89. The van der Waals surface area contributed by atoms with Gasteiger partial charge in [-0.25, -0.2) is 4.98 Å². The van der Waals surface area contributed by atoms with Gasteiger partial charge in [0.15, 0.2) is 0 Å². The molecule has 0 bridgehead atoms. The number of aryl methyl sites for hydroxylation is 2. The summed E-state index contributed by atoms with van der Waals surface area (Å²) in [4.78, 5) is 9.20. The number of allylic oxidation sites excluding steroid dienone is 1. The van der Waals surface area contributed by atoms with Gasteiger partial charge in [-0.1, -0.05) is 60.7 Å². The summed E-state index contributed by atoms with van der Waals surface area (Å²) in [5, 5.41) is 6.53. The highest BCUT2D eigenvalue weighted by molar-refractivity contribution is 7.11. The average molecular weight is 489 g/mol. The summed E-state index contributed by atoms with van der Waals surface area (Å²) in [5.41, 5.74) is 3.82. The minimum atomic E-state index is 0.597. The smallest absolute Gasteiger partial charge is 0.273 e. The second-order valence-electron chi connectivity index (χ2n) is 8.30. The highest BCUT2D eigenvalue weighted by Crippen LogP contribution is 2.29. The van der Waals surface area contributed by atoms with Gasteiger partial charge in [-0.15, -0.1) is 0 Å². The molecular formula is C27H40N2O4S. The van der Waals surface area contributed by atoms with Crippen LogP contribution in [0.5, 0.6) is 16.7 Å². The predicted molar refractivity (Wildman–Crippen MR) is 141 cm³/mol. The zero-order chi connectivity index (χ0) is 24.6. The van der Waals surface area contributed by atoms with Gasteiger partial charge in [-0.3, -0.25) is 0 Å². The van der Waals surface area contributed by atoms with E-state index < -0.39 is 0 Å². The first-order valence-corrected chi connectivity index (χ1v) is 13.1. The SMILES string of the molecule is C/C=C/COc1cc(C)c(OCCCCCCCCCOc2nc(/C(C)=N/OC)cs2)c(C)c1. The van der Waals surface area contributed by atoms with Crippen molar-refractivity contribution < 1.29 is 19.0 Å². The lowest BCUT2D eigenvalue weighted by molar-refractivity contribution is 0.213. The van der Waals surface area contributed by atoms with Gasteiger partial charge in [0.05, 0.1) is 13.2 Å². The van der Waals surface area contributed by atoms with Crippen LogP contribution in [0.1, 0.15) is 75.6 Å². The van der Waals surface area contributed by atoms with Crippen molar-refractivity contribution in [1.82, 2.24) is 4.98 Å². The molecule has 2 aromatic rings. The number of benzene rings is 1. The van der Waals surface area contributed by atoms with Gasteiger partial charge >= 0.3 is 0 Å². The standard InChI is InChI=1S/C27H40N2O4S/c1-6-7-15-31-24-18-21(2)26(22(3)19-24)32-16-13-11-9-8-10-12-14-17-33-27-28-25(20-34-27)23(4)29-30-5/h6-7,18-20H,8-17H2,1-5H3/b7-6+,29-23+. The Morgan fingerprint density at radius 1 is 0.941 bits per heavy atom. The quantitative estimate of drug-likeness (QED) is 0.101. The van der Waals surface area contributed by atoms with Crippen molar-refractivity contribution >= 4 is 17.0 Å². The van der Waals surface area contributed by atoms with E-state index in [1.807, 2.05) is 31.4 Å². The number of rotatable bonds is 17. The van der Waals surface area contributed by atoms with Crippen LogP contribution in [-0.4, -0.2) is 37.6 Å². The van der Waals surface area contributed by atoms with Gasteiger partial charge < -0.3 is 19.0 Å². The van der Waals surface area contributed by atoms with Gasteiger partial charge in [0, 0.05) is 5.38 Å². The molecule has 0 aliphatic heterocycles. The normalized spacial score (nSPS) is 11.7. The van der Waals surface area contributed by atoms with E-state index in [1.165, 1.54) is 50.6 Å². The Morgan fingerprint density at radius 2 is 1.56 bits per heavy atom. The van der Waals surface area contributed by atoms with Crippen LogP contribution < -0.4 is 14.2 Å². The lowest BCUT2D eigenvalue weighted by atomic mass is 10.1. The molecule has 7 heteroatoms. The zero-order valence-corrected chi connectivity index (χ0v) is 22.2. The van der Waals surface area contributed by atoms with E-state index in [4.69, 9.17) is 19.0 Å². The molecule has 0 spiro atoms. The Kier molecular flexibility index (Phi) is 13.2. The third-order valence-electron chi connectivity index (χ3n) is 5.36. The molecule has 0 fully saturated rings. The molecule has 0 saturated carbocycles. The van der Waals surface area contributed by atoms with Crippen molar-refractivity contribution in [2.45, 2.75) is 72.6 Å². The Balaban J connectivity index is 1.50. The lowest BCUT2D eigenvalue weighted by Crippen LogP contribution is -2.02. The maximum absolute atomic E-state index is 6.07. The van der Waals surface area contributed by atoms with Gasteiger partial charge in [0.1, 0.15) is 36.6 Å². The van der Waals surface area contributed by atoms with Crippen molar-refractivity contribution in [3.8, 4) is 16.7 Å². The number of hydrogen-bond acceptors (Lipinski definition) is 7.